The molecule has 170 valence electrons. The van der Waals surface area contributed by atoms with Crippen molar-refractivity contribution in [3.05, 3.63) is 93.2 Å². The molecule has 2 N–H and O–H groups in total. The number of carbonyl (C=O) groups is 1. The Kier molecular flexibility index (Phi) is 5.29. The average Bonchev–Trinajstić information content (AvgIpc) is 3.17. The van der Waals surface area contributed by atoms with Crippen molar-refractivity contribution in [2.45, 2.75) is 23.2 Å². The van der Waals surface area contributed by atoms with E-state index in [9.17, 15) is 15.0 Å². The van der Waals surface area contributed by atoms with Gasteiger partial charge in [0.25, 0.3) is 0 Å². The number of aliphatic hydroxyl groups excluding tert-OH is 1. The van der Waals surface area contributed by atoms with Crippen LogP contribution in [0.5, 0.6) is 5.75 Å². The number of hydrogen-bond acceptors (Lipinski definition) is 5. The SMILES string of the molecule is CN(C)C(=O)C1C(O)C2(O)c3ncc(Cl)cc3OC2(c2ccc(Br)cc2)C1c1ccccc1. The van der Waals surface area contributed by atoms with E-state index >= 15 is 0 Å². The lowest BCUT2D eigenvalue weighted by Gasteiger charge is -2.40. The van der Waals surface area contributed by atoms with E-state index < -0.39 is 29.1 Å². The summed E-state index contributed by atoms with van der Waals surface area (Å²) in [6, 6.07) is 18.3. The standard InChI is InChI=1S/C25H22BrClN2O4/c1-29(2)23(31)19-20(14-6-4-3-5-7-14)25(15-8-10-16(26)11-9-15)24(32,22(19)30)21-18(33-25)12-17(27)13-28-21/h3-13,19-20,22,30,32H,1-2H3. The van der Waals surface area contributed by atoms with E-state index in [1.807, 2.05) is 54.6 Å². The first kappa shape index (κ1) is 22.3. The molecule has 1 saturated carbocycles. The second-order valence-electron chi connectivity index (χ2n) is 8.70. The molecule has 5 atom stereocenters. The third-order valence-corrected chi connectivity index (χ3v) is 7.48. The minimum absolute atomic E-state index is 0.164. The molecule has 2 aliphatic rings. The van der Waals surface area contributed by atoms with Gasteiger partial charge in [-0.3, -0.25) is 9.78 Å². The van der Waals surface area contributed by atoms with Gasteiger partial charge in [0, 0.05) is 36.7 Å². The number of halogens is 2. The van der Waals surface area contributed by atoms with Gasteiger partial charge in [0.1, 0.15) is 17.5 Å². The maximum absolute atomic E-state index is 13.5. The number of hydrogen-bond donors (Lipinski definition) is 2. The summed E-state index contributed by atoms with van der Waals surface area (Å²) in [5.74, 6) is -1.73. The number of aliphatic hydroxyl groups is 2. The molecule has 8 heteroatoms. The van der Waals surface area contributed by atoms with Gasteiger partial charge < -0.3 is 19.8 Å². The third kappa shape index (κ3) is 2.99. The molecular formula is C25H22BrClN2O4. The molecule has 5 rings (SSSR count). The number of nitrogens with zero attached hydrogens (tertiary/aromatic N) is 2. The van der Waals surface area contributed by atoms with E-state index in [1.165, 1.54) is 11.1 Å². The molecule has 1 aromatic heterocycles. The van der Waals surface area contributed by atoms with Gasteiger partial charge in [-0.15, -0.1) is 0 Å². The summed E-state index contributed by atoms with van der Waals surface area (Å²) in [5.41, 5.74) is -1.99. The molecule has 0 saturated heterocycles. The zero-order valence-corrected chi connectivity index (χ0v) is 20.3. The Balaban J connectivity index is 1.87. The van der Waals surface area contributed by atoms with Crippen molar-refractivity contribution >= 4 is 33.4 Å². The summed E-state index contributed by atoms with van der Waals surface area (Å²) in [5, 5.41) is 24.4. The van der Waals surface area contributed by atoms with Crippen LogP contribution in [0.15, 0.2) is 71.3 Å². The molecule has 33 heavy (non-hydrogen) atoms. The Bertz CT molecular complexity index is 1220. The van der Waals surface area contributed by atoms with Gasteiger partial charge in [-0.25, -0.2) is 0 Å². The van der Waals surface area contributed by atoms with Crippen LogP contribution in [0.25, 0.3) is 0 Å². The predicted molar refractivity (Wildman–Crippen MR) is 127 cm³/mol. The lowest BCUT2D eigenvalue weighted by Crippen LogP contribution is -2.52. The van der Waals surface area contributed by atoms with E-state index in [-0.39, 0.29) is 17.4 Å². The largest absolute Gasteiger partial charge is 0.476 e. The Morgan fingerprint density at radius 1 is 1.15 bits per heavy atom. The average molecular weight is 530 g/mol. The first-order valence-corrected chi connectivity index (χ1v) is 11.7. The Hall–Kier alpha value is -2.45. The fraction of sp³-hybridized carbons (Fsp3) is 0.280. The lowest BCUT2D eigenvalue weighted by atomic mass is 9.71. The summed E-state index contributed by atoms with van der Waals surface area (Å²) in [6.07, 6.45) is -0.0822. The molecule has 2 aromatic carbocycles. The third-order valence-electron chi connectivity index (χ3n) is 6.74. The van der Waals surface area contributed by atoms with Crippen LogP contribution in [0.1, 0.15) is 22.7 Å². The predicted octanol–water partition coefficient (Wildman–Crippen LogP) is 3.84. The second-order valence-corrected chi connectivity index (χ2v) is 10.1. The van der Waals surface area contributed by atoms with Crippen molar-refractivity contribution in [1.82, 2.24) is 9.88 Å². The van der Waals surface area contributed by atoms with Crippen molar-refractivity contribution in [1.29, 1.82) is 0 Å². The maximum Gasteiger partial charge on any atom is 0.228 e. The van der Waals surface area contributed by atoms with Gasteiger partial charge in [0.15, 0.2) is 11.2 Å². The van der Waals surface area contributed by atoms with E-state index in [0.717, 1.165) is 10.0 Å². The number of rotatable bonds is 3. The van der Waals surface area contributed by atoms with Crippen LogP contribution < -0.4 is 4.74 Å². The molecule has 1 aliphatic carbocycles. The summed E-state index contributed by atoms with van der Waals surface area (Å²) < 4.78 is 7.43. The Labute approximate surface area is 204 Å². The smallest absolute Gasteiger partial charge is 0.228 e. The van der Waals surface area contributed by atoms with Crippen LogP contribution in [0.3, 0.4) is 0 Å². The molecule has 5 unspecified atom stereocenters. The van der Waals surface area contributed by atoms with Crippen molar-refractivity contribution in [3.63, 3.8) is 0 Å². The summed E-state index contributed by atoms with van der Waals surface area (Å²) >= 11 is 9.65. The van der Waals surface area contributed by atoms with Crippen LogP contribution >= 0.6 is 27.5 Å². The normalized spacial score (nSPS) is 29.8. The summed E-state index contributed by atoms with van der Waals surface area (Å²) in [7, 11) is 3.27. The van der Waals surface area contributed by atoms with Gasteiger partial charge in [-0.1, -0.05) is 70.0 Å². The van der Waals surface area contributed by atoms with E-state index in [0.29, 0.717) is 10.6 Å². The highest BCUT2D eigenvalue weighted by Crippen LogP contribution is 2.68. The lowest BCUT2D eigenvalue weighted by molar-refractivity contribution is -0.157. The minimum atomic E-state index is -2.00. The molecule has 0 radical (unpaired) electrons. The highest BCUT2D eigenvalue weighted by atomic mass is 79.9. The van der Waals surface area contributed by atoms with Gasteiger partial charge in [-0.2, -0.15) is 0 Å². The van der Waals surface area contributed by atoms with E-state index in [2.05, 4.69) is 20.9 Å². The first-order chi connectivity index (χ1) is 15.7. The van der Waals surface area contributed by atoms with Gasteiger partial charge in [0.05, 0.1) is 10.9 Å². The number of amides is 1. The fourth-order valence-electron chi connectivity index (χ4n) is 5.40. The first-order valence-electron chi connectivity index (χ1n) is 10.5. The number of pyridine rings is 1. The van der Waals surface area contributed by atoms with Crippen LogP contribution in [0.4, 0.5) is 0 Å². The van der Waals surface area contributed by atoms with Crippen molar-refractivity contribution < 1.29 is 19.7 Å². The highest BCUT2D eigenvalue weighted by molar-refractivity contribution is 9.10. The topological polar surface area (TPSA) is 82.9 Å². The van der Waals surface area contributed by atoms with Crippen LogP contribution in [0, 0.1) is 5.92 Å². The molecule has 1 amide bonds. The molecule has 1 aliphatic heterocycles. The molecule has 0 spiro atoms. The van der Waals surface area contributed by atoms with Crippen LogP contribution in [0.2, 0.25) is 5.02 Å². The number of ether oxygens (including phenoxy) is 1. The maximum atomic E-state index is 13.5. The van der Waals surface area contributed by atoms with Gasteiger partial charge in [0.2, 0.25) is 5.91 Å². The molecular weight excluding hydrogens is 508 g/mol. The zero-order valence-electron chi connectivity index (χ0n) is 17.9. The van der Waals surface area contributed by atoms with Crippen molar-refractivity contribution in [2.75, 3.05) is 14.1 Å². The fourth-order valence-corrected chi connectivity index (χ4v) is 5.81. The van der Waals surface area contributed by atoms with Crippen LogP contribution in [-0.4, -0.2) is 46.2 Å². The van der Waals surface area contributed by atoms with Crippen LogP contribution in [-0.2, 0) is 16.0 Å². The summed E-state index contributed by atoms with van der Waals surface area (Å²) in [4.78, 5) is 19.3. The van der Waals surface area contributed by atoms with Gasteiger partial charge >= 0.3 is 0 Å². The molecule has 2 heterocycles. The van der Waals surface area contributed by atoms with Crippen molar-refractivity contribution in [2.24, 2.45) is 5.92 Å². The van der Waals surface area contributed by atoms with Gasteiger partial charge in [-0.05, 0) is 23.3 Å². The number of fused-ring (bicyclic) bond motifs is 3. The second kappa shape index (κ2) is 7.81. The number of aromatic nitrogens is 1. The summed E-state index contributed by atoms with van der Waals surface area (Å²) in [6.45, 7) is 0. The quantitative estimate of drug-likeness (QED) is 0.539. The van der Waals surface area contributed by atoms with E-state index in [1.54, 1.807) is 20.2 Å². The zero-order chi connectivity index (χ0) is 23.5. The van der Waals surface area contributed by atoms with Crippen molar-refractivity contribution in [3.8, 4) is 5.75 Å². The molecule has 3 aromatic rings. The Morgan fingerprint density at radius 3 is 2.45 bits per heavy atom. The molecule has 6 nitrogen and oxygen atoms in total. The highest BCUT2D eigenvalue weighted by Gasteiger charge is 2.78. The number of benzene rings is 2. The molecule has 0 bridgehead atoms. The monoisotopic (exact) mass is 528 g/mol. The minimum Gasteiger partial charge on any atom is -0.476 e. The van der Waals surface area contributed by atoms with E-state index in [4.69, 9.17) is 16.3 Å². The molecule has 1 fully saturated rings. The number of carbonyl (C=O) groups excluding carboxylic acids is 1. The Morgan fingerprint density at radius 2 is 1.82 bits per heavy atom.